The van der Waals surface area contributed by atoms with Crippen molar-refractivity contribution >= 4 is 17.2 Å². The van der Waals surface area contributed by atoms with Crippen molar-refractivity contribution in [2.75, 3.05) is 7.11 Å². The summed E-state index contributed by atoms with van der Waals surface area (Å²) >= 11 is 1.53. The smallest absolute Gasteiger partial charge is 0.251 e. The van der Waals surface area contributed by atoms with E-state index in [9.17, 15) is 4.79 Å². The first-order chi connectivity index (χ1) is 16.2. The van der Waals surface area contributed by atoms with Crippen LogP contribution in [0.1, 0.15) is 27.2 Å². The maximum Gasteiger partial charge on any atom is 0.251 e. The number of carbonyl (C=O) groups excluding carboxylic acids is 1. The van der Waals surface area contributed by atoms with Gasteiger partial charge >= 0.3 is 0 Å². The van der Waals surface area contributed by atoms with Crippen molar-refractivity contribution in [2.45, 2.75) is 19.8 Å². The van der Waals surface area contributed by atoms with E-state index in [-0.39, 0.29) is 5.91 Å². The molecule has 1 amide bonds. The number of aromatic nitrogens is 1. The number of thiazole rings is 1. The topological polar surface area (TPSA) is 69.7 Å². The molecule has 0 unspecified atom stereocenters. The summed E-state index contributed by atoms with van der Waals surface area (Å²) in [7, 11) is 1.60. The Morgan fingerprint density at radius 1 is 0.909 bits per heavy atom. The third kappa shape index (κ3) is 6.33. The maximum atomic E-state index is 12.5. The summed E-state index contributed by atoms with van der Waals surface area (Å²) in [6, 6.07) is 22.6. The molecule has 3 aromatic carbocycles. The molecule has 33 heavy (non-hydrogen) atoms. The largest absolute Gasteiger partial charge is 0.493 e. The fraction of sp³-hybridized carbons (Fsp3) is 0.154. The van der Waals surface area contributed by atoms with Gasteiger partial charge in [-0.3, -0.25) is 4.79 Å². The molecule has 0 saturated heterocycles. The van der Waals surface area contributed by atoms with E-state index in [4.69, 9.17) is 14.2 Å². The molecule has 168 valence electrons. The summed E-state index contributed by atoms with van der Waals surface area (Å²) in [5.41, 5.74) is 5.21. The van der Waals surface area contributed by atoms with E-state index in [1.807, 2.05) is 53.9 Å². The summed E-state index contributed by atoms with van der Waals surface area (Å²) < 4.78 is 17.1. The molecule has 0 bridgehead atoms. The Balaban J connectivity index is 1.30. The van der Waals surface area contributed by atoms with Gasteiger partial charge in [0.25, 0.3) is 5.91 Å². The van der Waals surface area contributed by atoms with Gasteiger partial charge in [0.15, 0.2) is 11.5 Å². The molecule has 0 spiro atoms. The van der Waals surface area contributed by atoms with E-state index in [0.717, 1.165) is 16.8 Å². The number of nitrogens with one attached hydrogen (secondary N) is 1. The molecular weight excluding hydrogens is 436 g/mol. The zero-order chi connectivity index (χ0) is 22.9. The average molecular weight is 461 g/mol. The SMILES string of the molecule is COc1cc(CNC(=O)c2ccc(OCc3cscn3)cc2)ccc1OCc1ccccc1. The minimum atomic E-state index is -0.163. The Labute approximate surface area is 196 Å². The predicted molar refractivity (Wildman–Crippen MR) is 128 cm³/mol. The molecule has 4 aromatic rings. The van der Waals surface area contributed by atoms with Crippen LogP contribution in [0.4, 0.5) is 0 Å². The van der Waals surface area contributed by atoms with Crippen LogP contribution >= 0.6 is 11.3 Å². The molecule has 6 nitrogen and oxygen atoms in total. The van der Waals surface area contributed by atoms with Gasteiger partial charge in [-0.05, 0) is 47.5 Å². The van der Waals surface area contributed by atoms with Crippen LogP contribution < -0.4 is 19.5 Å². The van der Waals surface area contributed by atoms with E-state index in [1.54, 1.807) is 36.9 Å². The molecule has 0 atom stereocenters. The molecule has 1 aromatic heterocycles. The van der Waals surface area contributed by atoms with Crippen LogP contribution in [0, 0.1) is 0 Å². The first kappa shape index (κ1) is 22.4. The van der Waals surface area contributed by atoms with Gasteiger partial charge in [-0.15, -0.1) is 11.3 Å². The lowest BCUT2D eigenvalue weighted by Gasteiger charge is -2.13. The van der Waals surface area contributed by atoms with Gasteiger partial charge in [0.05, 0.1) is 18.3 Å². The Kier molecular flexibility index (Phi) is 7.56. The van der Waals surface area contributed by atoms with E-state index >= 15 is 0 Å². The first-order valence-corrected chi connectivity index (χ1v) is 11.4. The highest BCUT2D eigenvalue weighted by atomic mass is 32.1. The van der Waals surface area contributed by atoms with Crippen molar-refractivity contribution in [1.82, 2.24) is 10.3 Å². The number of methoxy groups -OCH3 is 1. The molecule has 1 heterocycles. The molecule has 0 aliphatic rings. The number of amides is 1. The van der Waals surface area contributed by atoms with Gasteiger partial charge in [-0.2, -0.15) is 0 Å². The summed E-state index contributed by atoms with van der Waals surface area (Å²) in [4.78, 5) is 16.7. The van der Waals surface area contributed by atoms with Crippen LogP contribution in [0.2, 0.25) is 0 Å². The number of carbonyl (C=O) groups is 1. The van der Waals surface area contributed by atoms with E-state index in [2.05, 4.69) is 10.3 Å². The van der Waals surface area contributed by atoms with Gasteiger partial charge in [-0.1, -0.05) is 36.4 Å². The summed E-state index contributed by atoms with van der Waals surface area (Å²) in [5.74, 6) is 1.81. The standard InChI is InChI=1S/C26H24N2O4S/c1-30-25-13-20(7-12-24(25)32-15-19-5-3-2-4-6-19)14-27-26(29)21-8-10-23(11-9-21)31-16-22-17-33-18-28-22/h2-13,17-18H,14-16H2,1H3,(H,27,29). The Morgan fingerprint density at radius 3 is 2.45 bits per heavy atom. The van der Waals surface area contributed by atoms with Crippen LogP contribution in [0.3, 0.4) is 0 Å². The molecular formula is C26H24N2O4S. The van der Waals surface area contributed by atoms with Gasteiger partial charge < -0.3 is 19.5 Å². The molecule has 0 aliphatic heterocycles. The highest BCUT2D eigenvalue weighted by Gasteiger charge is 2.09. The third-order valence-electron chi connectivity index (χ3n) is 4.90. The molecule has 4 rings (SSSR count). The van der Waals surface area contributed by atoms with Crippen molar-refractivity contribution in [3.8, 4) is 17.2 Å². The fourth-order valence-electron chi connectivity index (χ4n) is 3.13. The maximum absolute atomic E-state index is 12.5. The van der Waals surface area contributed by atoms with E-state index in [0.29, 0.717) is 42.6 Å². The molecule has 0 saturated carbocycles. The molecule has 1 N–H and O–H groups in total. The number of benzene rings is 3. The van der Waals surface area contributed by atoms with Crippen molar-refractivity contribution in [3.05, 3.63) is 106 Å². The molecule has 7 heteroatoms. The zero-order valence-electron chi connectivity index (χ0n) is 18.2. The highest BCUT2D eigenvalue weighted by Crippen LogP contribution is 2.29. The second-order valence-electron chi connectivity index (χ2n) is 7.23. The number of hydrogen-bond donors (Lipinski definition) is 1. The quantitative estimate of drug-likeness (QED) is 0.351. The average Bonchev–Trinajstić information content (AvgIpc) is 3.39. The number of nitrogens with zero attached hydrogens (tertiary/aromatic N) is 1. The number of hydrogen-bond acceptors (Lipinski definition) is 6. The summed E-state index contributed by atoms with van der Waals surface area (Å²) in [5, 5.41) is 4.88. The van der Waals surface area contributed by atoms with Crippen molar-refractivity contribution in [2.24, 2.45) is 0 Å². The third-order valence-corrected chi connectivity index (χ3v) is 5.54. The summed E-state index contributed by atoms with van der Waals surface area (Å²) in [6.45, 7) is 1.23. The minimum Gasteiger partial charge on any atom is -0.493 e. The fourth-order valence-corrected chi connectivity index (χ4v) is 3.67. The predicted octanol–water partition coefficient (Wildman–Crippen LogP) is 5.24. The molecule has 0 aliphatic carbocycles. The first-order valence-electron chi connectivity index (χ1n) is 10.4. The van der Waals surface area contributed by atoms with Crippen molar-refractivity contribution < 1.29 is 19.0 Å². The lowest BCUT2D eigenvalue weighted by molar-refractivity contribution is 0.0951. The monoisotopic (exact) mass is 460 g/mol. The summed E-state index contributed by atoms with van der Waals surface area (Å²) in [6.07, 6.45) is 0. The van der Waals surface area contributed by atoms with Crippen LogP contribution in [-0.2, 0) is 19.8 Å². The van der Waals surface area contributed by atoms with Crippen molar-refractivity contribution in [3.63, 3.8) is 0 Å². The lowest BCUT2D eigenvalue weighted by Crippen LogP contribution is -2.22. The zero-order valence-corrected chi connectivity index (χ0v) is 19.0. The van der Waals surface area contributed by atoms with Crippen LogP contribution in [-0.4, -0.2) is 18.0 Å². The van der Waals surface area contributed by atoms with Crippen molar-refractivity contribution in [1.29, 1.82) is 0 Å². The number of rotatable bonds is 10. The Bertz CT molecular complexity index is 1160. The van der Waals surface area contributed by atoms with Gasteiger partial charge in [0.1, 0.15) is 19.0 Å². The second kappa shape index (κ2) is 11.2. The highest BCUT2D eigenvalue weighted by molar-refractivity contribution is 7.07. The Morgan fingerprint density at radius 2 is 1.73 bits per heavy atom. The van der Waals surface area contributed by atoms with Gasteiger partial charge in [-0.25, -0.2) is 4.98 Å². The van der Waals surface area contributed by atoms with E-state index in [1.165, 1.54) is 11.3 Å². The van der Waals surface area contributed by atoms with Gasteiger partial charge in [0, 0.05) is 17.5 Å². The Hall–Kier alpha value is -3.84. The molecule has 0 radical (unpaired) electrons. The van der Waals surface area contributed by atoms with Crippen LogP contribution in [0.5, 0.6) is 17.2 Å². The van der Waals surface area contributed by atoms with Crippen LogP contribution in [0.15, 0.2) is 83.7 Å². The number of ether oxygens (including phenoxy) is 3. The lowest BCUT2D eigenvalue weighted by atomic mass is 10.1. The molecule has 0 fully saturated rings. The van der Waals surface area contributed by atoms with E-state index < -0.39 is 0 Å². The van der Waals surface area contributed by atoms with Gasteiger partial charge in [0.2, 0.25) is 0 Å². The van der Waals surface area contributed by atoms with Crippen LogP contribution in [0.25, 0.3) is 0 Å². The second-order valence-corrected chi connectivity index (χ2v) is 7.95. The normalized spacial score (nSPS) is 10.5. The minimum absolute atomic E-state index is 0.163.